The average molecular weight is 268 g/mol. The van der Waals surface area contributed by atoms with E-state index in [-0.39, 0.29) is 0 Å². The molecule has 2 rings (SSSR count). The number of nitrogen functional groups attached to an aromatic ring is 1. The molecule has 0 aliphatic rings. The average Bonchev–Trinajstić information content (AvgIpc) is 2.28. The fourth-order valence-corrected chi connectivity index (χ4v) is 2.57. The smallest absolute Gasteiger partial charge is 0.223 e. The van der Waals surface area contributed by atoms with Crippen molar-refractivity contribution in [2.75, 3.05) is 17.2 Å². The number of benzene rings is 1. The lowest BCUT2D eigenvalue weighted by molar-refractivity contribution is 1.04. The zero-order valence-electron chi connectivity index (χ0n) is 9.61. The van der Waals surface area contributed by atoms with E-state index in [2.05, 4.69) is 16.9 Å². The minimum Gasteiger partial charge on any atom is -0.398 e. The van der Waals surface area contributed by atoms with E-state index in [4.69, 9.17) is 17.3 Å². The lowest BCUT2D eigenvalue weighted by Crippen LogP contribution is -2.00. The summed E-state index contributed by atoms with van der Waals surface area (Å²) in [5.74, 6) is 2.12. The lowest BCUT2D eigenvalue weighted by Gasteiger charge is -2.07. The Hall–Kier alpha value is -1.00. The summed E-state index contributed by atoms with van der Waals surface area (Å²) in [5.41, 5.74) is 8.46. The molecule has 90 valence electrons. The molecule has 3 nitrogen and oxygen atoms in total. The van der Waals surface area contributed by atoms with Crippen LogP contribution in [0.15, 0.2) is 18.2 Å². The summed E-state index contributed by atoms with van der Waals surface area (Å²) in [6.45, 7) is 2.14. The molecule has 5 heteroatoms. The Morgan fingerprint density at radius 1 is 1.35 bits per heavy atom. The van der Waals surface area contributed by atoms with Crippen molar-refractivity contribution in [2.24, 2.45) is 0 Å². The summed E-state index contributed by atoms with van der Waals surface area (Å²) in [7, 11) is 0. The van der Waals surface area contributed by atoms with Gasteiger partial charge in [0.05, 0.1) is 11.2 Å². The Morgan fingerprint density at radius 2 is 2.18 bits per heavy atom. The molecule has 0 aliphatic heterocycles. The molecule has 0 unspecified atom stereocenters. The highest BCUT2D eigenvalue weighted by molar-refractivity contribution is 7.99. The predicted molar refractivity (Wildman–Crippen MR) is 75.7 cm³/mol. The van der Waals surface area contributed by atoms with Crippen molar-refractivity contribution in [3.8, 4) is 0 Å². The molecule has 0 amide bonds. The van der Waals surface area contributed by atoms with Crippen molar-refractivity contribution in [3.05, 3.63) is 29.2 Å². The molecule has 2 aromatic rings. The van der Waals surface area contributed by atoms with Crippen LogP contribution in [0.2, 0.25) is 5.28 Å². The number of thioether (sulfide) groups is 1. The first-order valence-electron chi connectivity index (χ1n) is 5.50. The van der Waals surface area contributed by atoms with Gasteiger partial charge in [0.1, 0.15) is 0 Å². The van der Waals surface area contributed by atoms with Crippen LogP contribution in [-0.4, -0.2) is 21.5 Å². The van der Waals surface area contributed by atoms with Gasteiger partial charge >= 0.3 is 0 Å². The van der Waals surface area contributed by atoms with E-state index in [0.29, 0.717) is 5.28 Å². The van der Waals surface area contributed by atoms with E-state index in [1.165, 1.54) is 0 Å². The summed E-state index contributed by atoms with van der Waals surface area (Å²) < 4.78 is 0. The van der Waals surface area contributed by atoms with Gasteiger partial charge in [0.2, 0.25) is 5.28 Å². The molecular weight excluding hydrogens is 254 g/mol. The van der Waals surface area contributed by atoms with Gasteiger partial charge in [-0.05, 0) is 41.7 Å². The van der Waals surface area contributed by atoms with E-state index >= 15 is 0 Å². The molecule has 0 saturated carbocycles. The highest BCUT2D eigenvalue weighted by Gasteiger charge is 2.09. The Bertz CT molecular complexity index is 530. The number of aryl methyl sites for hydroxylation is 1. The summed E-state index contributed by atoms with van der Waals surface area (Å²) >= 11 is 7.80. The highest BCUT2D eigenvalue weighted by Crippen LogP contribution is 2.24. The zero-order chi connectivity index (χ0) is 12.3. The molecule has 2 N–H and O–H groups in total. The maximum atomic E-state index is 5.98. The van der Waals surface area contributed by atoms with E-state index in [1.54, 1.807) is 0 Å². The van der Waals surface area contributed by atoms with Crippen LogP contribution in [0.5, 0.6) is 0 Å². The third-order valence-corrected chi connectivity index (χ3v) is 3.56. The minimum absolute atomic E-state index is 0.291. The molecule has 0 radical (unpaired) electrons. The number of rotatable bonds is 4. The van der Waals surface area contributed by atoms with Gasteiger partial charge in [-0.15, -0.1) is 0 Å². The number of anilines is 1. The largest absolute Gasteiger partial charge is 0.398 e. The van der Waals surface area contributed by atoms with Gasteiger partial charge in [-0.3, -0.25) is 0 Å². The Kier molecular flexibility index (Phi) is 4.07. The van der Waals surface area contributed by atoms with Gasteiger partial charge < -0.3 is 5.73 Å². The Balaban J connectivity index is 2.45. The SMILES string of the molecule is CCSCCc1nc(Cl)nc2cccc(N)c12. The number of nitrogens with zero attached hydrogens (tertiary/aromatic N) is 2. The zero-order valence-corrected chi connectivity index (χ0v) is 11.2. The number of aromatic nitrogens is 2. The molecule has 0 bridgehead atoms. The van der Waals surface area contributed by atoms with Crippen molar-refractivity contribution in [3.63, 3.8) is 0 Å². The van der Waals surface area contributed by atoms with Crippen molar-refractivity contribution in [1.29, 1.82) is 0 Å². The van der Waals surface area contributed by atoms with Crippen LogP contribution in [0.1, 0.15) is 12.6 Å². The number of hydrogen-bond donors (Lipinski definition) is 1. The van der Waals surface area contributed by atoms with Gasteiger partial charge in [0.15, 0.2) is 0 Å². The minimum atomic E-state index is 0.291. The van der Waals surface area contributed by atoms with Gasteiger partial charge in [-0.2, -0.15) is 11.8 Å². The number of hydrogen-bond acceptors (Lipinski definition) is 4. The summed E-state index contributed by atoms with van der Waals surface area (Å²) in [6.07, 6.45) is 0.867. The first-order valence-corrected chi connectivity index (χ1v) is 7.04. The second kappa shape index (κ2) is 5.56. The van der Waals surface area contributed by atoms with Crippen molar-refractivity contribution >= 4 is 40.0 Å². The third-order valence-electron chi connectivity index (χ3n) is 2.49. The predicted octanol–water partition coefficient (Wildman–Crippen LogP) is 3.16. The third kappa shape index (κ3) is 2.82. The van der Waals surface area contributed by atoms with E-state index in [1.807, 2.05) is 30.0 Å². The molecule has 1 heterocycles. The first kappa shape index (κ1) is 12.5. The van der Waals surface area contributed by atoms with Crippen LogP contribution in [0.3, 0.4) is 0 Å². The molecule has 17 heavy (non-hydrogen) atoms. The van der Waals surface area contributed by atoms with E-state index in [9.17, 15) is 0 Å². The van der Waals surface area contributed by atoms with Crippen LogP contribution in [0, 0.1) is 0 Å². The van der Waals surface area contributed by atoms with Gasteiger partial charge in [-0.1, -0.05) is 13.0 Å². The van der Waals surface area contributed by atoms with Gasteiger partial charge in [0, 0.05) is 11.1 Å². The maximum absolute atomic E-state index is 5.98. The standard InChI is InChI=1S/C12H14ClN3S/c1-2-17-7-6-10-11-8(14)4-3-5-9(11)15-12(13)16-10/h3-5H,2,6-7,14H2,1H3. The van der Waals surface area contributed by atoms with Gasteiger partial charge in [-0.25, -0.2) is 9.97 Å². The molecule has 0 fully saturated rings. The van der Waals surface area contributed by atoms with Crippen molar-refractivity contribution in [2.45, 2.75) is 13.3 Å². The van der Waals surface area contributed by atoms with Crippen LogP contribution in [0.25, 0.3) is 10.9 Å². The molecule has 0 aliphatic carbocycles. The van der Waals surface area contributed by atoms with E-state index < -0.39 is 0 Å². The second-order valence-electron chi connectivity index (χ2n) is 3.63. The van der Waals surface area contributed by atoms with E-state index in [0.717, 1.165) is 40.2 Å². The normalized spacial score (nSPS) is 10.9. The number of fused-ring (bicyclic) bond motifs is 1. The fraction of sp³-hybridized carbons (Fsp3) is 0.333. The maximum Gasteiger partial charge on any atom is 0.223 e. The first-order chi connectivity index (χ1) is 8.22. The van der Waals surface area contributed by atoms with Crippen LogP contribution < -0.4 is 5.73 Å². The number of halogens is 1. The second-order valence-corrected chi connectivity index (χ2v) is 5.36. The summed E-state index contributed by atoms with van der Waals surface area (Å²) in [4.78, 5) is 8.49. The van der Waals surface area contributed by atoms with Crippen molar-refractivity contribution < 1.29 is 0 Å². The van der Waals surface area contributed by atoms with Gasteiger partial charge in [0.25, 0.3) is 0 Å². The molecule has 1 aromatic carbocycles. The quantitative estimate of drug-likeness (QED) is 0.525. The summed E-state index contributed by atoms with van der Waals surface area (Å²) in [6, 6.07) is 5.66. The molecule has 0 atom stereocenters. The topological polar surface area (TPSA) is 51.8 Å². The fourth-order valence-electron chi connectivity index (χ4n) is 1.75. The molecule has 1 aromatic heterocycles. The molecule has 0 spiro atoms. The highest BCUT2D eigenvalue weighted by atomic mass is 35.5. The van der Waals surface area contributed by atoms with Crippen LogP contribution >= 0.6 is 23.4 Å². The van der Waals surface area contributed by atoms with Crippen LogP contribution in [-0.2, 0) is 6.42 Å². The number of nitrogens with two attached hydrogens (primary N) is 1. The van der Waals surface area contributed by atoms with Crippen LogP contribution in [0.4, 0.5) is 5.69 Å². The lowest BCUT2D eigenvalue weighted by atomic mass is 10.1. The summed E-state index contributed by atoms with van der Waals surface area (Å²) in [5, 5.41) is 1.23. The van der Waals surface area contributed by atoms with Crippen molar-refractivity contribution in [1.82, 2.24) is 9.97 Å². The Labute approximate surface area is 110 Å². The monoisotopic (exact) mass is 267 g/mol. The molecular formula is C12H14ClN3S. The Morgan fingerprint density at radius 3 is 2.94 bits per heavy atom. The molecule has 0 saturated heterocycles.